The van der Waals surface area contributed by atoms with Crippen LogP contribution >= 0.6 is 11.6 Å². The number of anilines is 1. The number of hydrogen-bond donors (Lipinski definition) is 5. The minimum Gasteiger partial charge on any atom is -0.505 e. The minimum absolute atomic E-state index is 0.478. The summed E-state index contributed by atoms with van der Waals surface area (Å²) < 4.78 is 0. The van der Waals surface area contributed by atoms with Crippen LogP contribution in [0.25, 0.3) is 0 Å². The number of phenolic OH excluding ortho intramolecular Hbond substituents is 1. The second kappa shape index (κ2) is 7.04. The third-order valence-electron chi connectivity index (χ3n) is 7.24. The molecular formula is C20H18ClN3O10. The molecule has 2 fully saturated rings. The van der Waals surface area contributed by atoms with Crippen LogP contribution < -0.4 is 11.5 Å². The van der Waals surface area contributed by atoms with E-state index >= 15 is 0 Å². The lowest BCUT2D eigenvalue weighted by Gasteiger charge is -2.52. The normalized spacial score (nSPS) is 34.8. The van der Waals surface area contributed by atoms with Crippen LogP contribution in [0.1, 0.15) is 35.7 Å². The summed E-state index contributed by atoms with van der Waals surface area (Å²) in [6.45, 7) is 1.05. The summed E-state index contributed by atoms with van der Waals surface area (Å²) in [5.41, 5.74) is 2.18. The number of ketones is 4. The van der Waals surface area contributed by atoms with E-state index < -0.39 is 115 Å². The van der Waals surface area contributed by atoms with Gasteiger partial charge in [-0.2, -0.15) is 0 Å². The van der Waals surface area contributed by atoms with Crippen LogP contribution in [0.3, 0.4) is 0 Å². The molecule has 7 N–H and O–H groups in total. The number of aliphatic hydroxyl groups is 2. The Kier molecular flexibility index (Phi) is 4.91. The number of Topliss-reactive ketones (excluding diaryl/α,β-unsaturated/α-hetero) is 4. The van der Waals surface area contributed by atoms with Gasteiger partial charge in [0.05, 0.1) is 27.6 Å². The van der Waals surface area contributed by atoms with Crippen molar-refractivity contribution in [2.24, 2.45) is 29.4 Å². The Morgan fingerprint density at radius 3 is 2.32 bits per heavy atom. The molecule has 0 aliphatic heterocycles. The number of hydrogen-bond acceptors (Lipinski definition) is 11. The Hall–Kier alpha value is -3.42. The molecule has 0 aromatic heterocycles. The van der Waals surface area contributed by atoms with Crippen molar-refractivity contribution in [3.8, 4) is 5.75 Å². The van der Waals surface area contributed by atoms with Gasteiger partial charge in [0.15, 0.2) is 40.4 Å². The average molecular weight is 496 g/mol. The lowest BCUT2D eigenvalue weighted by Crippen LogP contribution is -2.70. The SMILES string of the molecule is C[C@]1(O)c2c(c(O)c(N)c(Cl)c2[N+](=O)[O-])C(=O)C2C(=O)[C@]3(O)C(=O)C(C(N)=O)C(=O)C[C@@H]3C[C@@H]21. The number of halogens is 1. The number of nitro groups is 1. The van der Waals surface area contributed by atoms with Gasteiger partial charge in [-0.3, -0.25) is 34.1 Å². The van der Waals surface area contributed by atoms with Gasteiger partial charge in [0, 0.05) is 18.3 Å². The summed E-state index contributed by atoms with van der Waals surface area (Å²) in [6.07, 6.45) is -1.12. The number of nitrogen functional groups attached to an aromatic ring is 1. The molecule has 4 rings (SSSR count). The molecule has 3 aliphatic carbocycles. The molecule has 0 heterocycles. The van der Waals surface area contributed by atoms with E-state index in [0.29, 0.717) is 0 Å². The van der Waals surface area contributed by atoms with Gasteiger partial charge >= 0.3 is 0 Å². The van der Waals surface area contributed by atoms with Gasteiger partial charge < -0.3 is 26.8 Å². The number of nitro benzene ring substituents is 1. The van der Waals surface area contributed by atoms with E-state index in [9.17, 15) is 49.4 Å². The van der Waals surface area contributed by atoms with Gasteiger partial charge in [-0.05, 0) is 13.3 Å². The van der Waals surface area contributed by atoms with Crippen LogP contribution in [0.5, 0.6) is 5.75 Å². The Morgan fingerprint density at radius 1 is 1.21 bits per heavy atom. The zero-order valence-corrected chi connectivity index (χ0v) is 18.2. The lowest BCUT2D eigenvalue weighted by molar-refractivity contribution is -0.386. The van der Waals surface area contributed by atoms with E-state index in [2.05, 4.69) is 0 Å². The highest BCUT2D eigenvalue weighted by molar-refractivity contribution is 6.37. The molecule has 0 saturated heterocycles. The van der Waals surface area contributed by atoms with Crippen LogP contribution in [0.4, 0.5) is 11.4 Å². The first kappa shape index (κ1) is 23.7. The van der Waals surface area contributed by atoms with E-state index in [1.54, 1.807) is 0 Å². The fraction of sp³-hybridized carbons (Fsp3) is 0.450. The number of benzene rings is 1. The minimum atomic E-state index is -2.95. The Morgan fingerprint density at radius 2 is 1.79 bits per heavy atom. The molecule has 1 aromatic carbocycles. The third-order valence-corrected chi connectivity index (χ3v) is 7.63. The number of amides is 1. The van der Waals surface area contributed by atoms with Gasteiger partial charge in [-0.1, -0.05) is 11.6 Å². The summed E-state index contributed by atoms with van der Waals surface area (Å²) >= 11 is 5.94. The quantitative estimate of drug-likeness (QED) is 0.111. The number of nitrogens with two attached hydrogens (primary N) is 2. The number of carbonyl (C=O) groups excluding carboxylic acids is 5. The monoisotopic (exact) mass is 495 g/mol. The molecule has 2 unspecified atom stereocenters. The van der Waals surface area contributed by atoms with Crippen molar-refractivity contribution in [3.05, 3.63) is 26.3 Å². The number of phenols is 1. The van der Waals surface area contributed by atoms with Gasteiger partial charge in [-0.15, -0.1) is 0 Å². The van der Waals surface area contributed by atoms with Crippen LogP contribution in [0.15, 0.2) is 0 Å². The molecule has 0 radical (unpaired) electrons. The van der Waals surface area contributed by atoms with Crippen LogP contribution in [-0.4, -0.2) is 54.9 Å². The van der Waals surface area contributed by atoms with Crippen molar-refractivity contribution in [3.63, 3.8) is 0 Å². The summed E-state index contributed by atoms with van der Waals surface area (Å²) in [5, 5.41) is 44.1. The second-order valence-electron chi connectivity index (χ2n) is 8.96. The maximum atomic E-state index is 13.5. The molecule has 1 aromatic rings. The van der Waals surface area contributed by atoms with Crippen LogP contribution in [0, 0.1) is 33.8 Å². The first-order valence-electron chi connectivity index (χ1n) is 9.98. The lowest BCUT2D eigenvalue weighted by atomic mass is 9.50. The highest BCUT2D eigenvalue weighted by Crippen LogP contribution is 2.59. The molecule has 2 saturated carbocycles. The van der Waals surface area contributed by atoms with E-state index in [1.165, 1.54) is 0 Å². The highest BCUT2D eigenvalue weighted by Gasteiger charge is 2.69. The standard InChI is InChI=1S/C20H18ClN3O10/c1-19(31)5-2-4-3-6(25)8(18(23)30)17(29)20(4,32)16(28)7(5)14(26)9-10(19)13(24(33)34)11(21)12(22)15(9)27/h4-5,7-8,27,31-32H,2-3,22H2,1H3,(H2,23,30)/t4-,5-,7?,8?,19+,20-/m0/s1. The molecule has 3 aliphatic rings. The van der Waals surface area contributed by atoms with E-state index in [1.807, 2.05) is 0 Å². The van der Waals surface area contributed by atoms with Gasteiger partial charge in [0.25, 0.3) is 5.69 Å². The van der Waals surface area contributed by atoms with Gasteiger partial charge in [0.2, 0.25) is 5.91 Å². The predicted octanol–water partition coefficient (Wildman–Crippen LogP) is -0.864. The Balaban J connectivity index is 1.99. The number of aromatic hydroxyl groups is 1. The molecule has 34 heavy (non-hydrogen) atoms. The van der Waals surface area contributed by atoms with Crippen LogP contribution in [0.2, 0.25) is 5.02 Å². The predicted molar refractivity (Wildman–Crippen MR) is 110 cm³/mol. The topological polar surface area (TPSA) is 241 Å². The maximum Gasteiger partial charge on any atom is 0.297 e. The highest BCUT2D eigenvalue weighted by atomic mass is 35.5. The average Bonchev–Trinajstić information content (AvgIpc) is 2.72. The maximum absolute atomic E-state index is 13.5. The van der Waals surface area contributed by atoms with Crippen molar-refractivity contribution >= 4 is 52.0 Å². The number of nitrogens with zero attached hydrogens (tertiary/aromatic N) is 1. The molecule has 13 nitrogen and oxygen atoms in total. The number of primary amides is 1. The van der Waals surface area contributed by atoms with Crippen molar-refractivity contribution in [1.29, 1.82) is 0 Å². The second-order valence-corrected chi connectivity index (χ2v) is 9.34. The smallest absolute Gasteiger partial charge is 0.297 e. The van der Waals surface area contributed by atoms with Gasteiger partial charge in [0.1, 0.15) is 10.7 Å². The van der Waals surface area contributed by atoms with E-state index in [0.717, 1.165) is 6.92 Å². The molecule has 14 heteroatoms. The Labute approximate surface area is 194 Å². The largest absolute Gasteiger partial charge is 0.505 e. The third kappa shape index (κ3) is 2.65. The summed E-state index contributed by atoms with van der Waals surface area (Å²) in [7, 11) is 0. The number of fused-ring (bicyclic) bond motifs is 3. The first-order valence-corrected chi connectivity index (χ1v) is 10.4. The van der Waals surface area contributed by atoms with E-state index in [4.69, 9.17) is 23.1 Å². The zero-order chi connectivity index (χ0) is 25.7. The summed E-state index contributed by atoms with van der Waals surface area (Å²) in [4.78, 5) is 74.6. The van der Waals surface area contributed by atoms with Crippen molar-refractivity contribution in [1.82, 2.24) is 0 Å². The fourth-order valence-electron chi connectivity index (χ4n) is 5.62. The Bertz CT molecular complexity index is 1260. The zero-order valence-electron chi connectivity index (χ0n) is 17.4. The number of rotatable bonds is 2. The van der Waals surface area contributed by atoms with Crippen molar-refractivity contribution in [2.75, 3.05) is 5.73 Å². The van der Waals surface area contributed by atoms with Gasteiger partial charge in [-0.25, -0.2) is 0 Å². The fourth-order valence-corrected chi connectivity index (χ4v) is 5.87. The molecule has 180 valence electrons. The number of carbonyl (C=O) groups is 5. The molecule has 6 atom stereocenters. The van der Waals surface area contributed by atoms with E-state index in [-0.39, 0.29) is 0 Å². The molecule has 0 bridgehead atoms. The van der Waals surface area contributed by atoms with Crippen LogP contribution in [-0.2, 0) is 24.8 Å². The van der Waals surface area contributed by atoms with Crippen molar-refractivity contribution < 1.29 is 44.2 Å². The molecule has 0 spiro atoms. The molecule has 1 amide bonds. The summed E-state index contributed by atoms with van der Waals surface area (Å²) in [5.74, 6) is -14.4. The first-order chi connectivity index (χ1) is 15.6. The summed E-state index contributed by atoms with van der Waals surface area (Å²) in [6, 6.07) is 0. The van der Waals surface area contributed by atoms with Crippen molar-refractivity contribution in [2.45, 2.75) is 31.0 Å². The molecular weight excluding hydrogens is 478 g/mol.